The van der Waals surface area contributed by atoms with Crippen LogP contribution in [0.1, 0.15) is 15.9 Å². The summed E-state index contributed by atoms with van der Waals surface area (Å²) in [6.45, 7) is 0. The van der Waals surface area contributed by atoms with Gasteiger partial charge in [0.2, 0.25) is 0 Å². The van der Waals surface area contributed by atoms with Crippen LogP contribution in [0.15, 0.2) is 90.0 Å². The van der Waals surface area contributed by atoms with Crippen molar-refractivity contribution in [3.63, 3.8) is 0 Å². The maximum absolute atomic E-state index is 13.0. The van der Waals surface area contributed by atoms with E-state index in [9.17, 15) is 9.59 Å². The molecule has 2 aromatic carbocycles. The van der Waals surface area contributed by atoms with Crippen molar-refractivity contribution >= 4 is 22.8 Å². The predicted octanol–water partition coefficient (Wildman–Crippen LogP) is 4.49. The van der Waals surface area contributed by atoms with E-state index in [1.807, 2.05) is 66.7 Å². The van der Waals surface area contributed by atoms with Gasteiger partial charge in [-0.1, -0.05) is 66.7 Å². The first-order valence-electron chi connectivity index (χ1n) is 8.57. The lowest BCUT2D eigenvalue weighted by atomic mass is 9.94. The number of allylic oxidation sites excluding steroid dienone is 1. The Morgan fingerprint density at radius 3 is 2.37 bits per heavy atom. The molecule has 0 bridgehead atoms. The molecule has 0 radical (unpaired) electrons. The largest absolute Gasteiger partial charge is 0.320 e. The Labute approximate surface area is 155 Å². The molecule has 0 aliphatic rings. The first kappa shape index (κ1) is 16.7. The van der Waals surface area contributed by atoms with Crippen LogP contribution >= 0.6 is 0 Å². The summed E-state index contributed by atoms with van der Waals surface area (Å²) in [7, 11) is 0. The van der Waals surface area contributed by atoms with Crippen molar-refractivity contribution in [3.05, 3.63) is 107 Å². The number of hydrogen-bond donors (Lipinski definition) is 1. The van der Waals surface area contributed by atoms with Crippen LogP contribution < -0.4 is 5.56 Å². The zero-order valence-electron chi connectivity index (χ0n) is 14.4. The smallest absolute Gasteiger partial charge is 0.260 e. The van der Waals surface area contributed by atoms with Crippen LogP contribution in [0.25, 0.3) is 28.1 Å². The molecule has 0 aliphatic carbocycles. The Hall–Kier alpha value is -3.79. The third kappa shape index (κ3) is 3.33. The van der Waals surface area contributed by atoms with Crippen LogP contribution in [0, 0.1) is 0 Å². The summed E-state index contributed by atoms with van der Waals surface area (Å²) in [6, 6.07) is 20.8. The molecule has 4 nitrogen and oxygen atoms in total. The first-order valence-corrected chi connectivity index (χ1v) is 8.57. The van der Waals surface area contributed by atoms with Crippen molar-refractivity contribution < 1.29 is 4.79 Å². The van der Waals surface area contributed by atoms with Gasteiger partial charge in [0.25, 0.3) is 5.56 Å². The van der Waals surface area contributed by atoms with E-state index < -0.39 is 5.56 Å². The van der Waals surface area contributed by atoms with Crippen molar-refractivity contribution in [2.75, 3.05) is 0 Å². The SMILES string of the molecule is O=C(C=Cc1ccccc1)c1c(-c2ccccc2)c2ccncc2[nH]c1=O. The van der Waals surface area contributed by atoms with Gasteiger partial charge in [0.15, 0.2) is 5.78 Å². The molecule has 2 heterocycles. The van der Waals surface area contributed by atoms with E-state index in [4.69, 9.17) is 0 Å². The highest BCUT2D eigenvalue weighted by Crippen LogP contribution is 2.29. The summed E-state index contributed by atoms with van der Waals surface area (Å²) in [5.74, 6) is -0.335. The molecule has 0 aliphatic heterocycles. The fraction of sp³-hybridized carbons (Fsp3) is 0. The topological polar surface area (TPSA) is 62.8 Å². The maximum Gasteiger partial charge on any atom is 0.260 e. The van der Waals surface area contributed by atoms with E-state index in [-0.39, 0.29) is 11.3 Å². The zero-order valence-corrected chi connectivity index (χ0v) is 14.4. The van der Waals surface area contributed by atoms with Gasteiger partial charge in [-0.3, -0.25) is 14.6 Å². The molecule has 4 rings (SSSR count). The van der Waals surface area contributed by atoms with Crippen molar-refractivity contribution in [1.82, 2.24) is 9.97 Å². The summed E-state index contributed by atoms with van der Waals surface area (Å²) in [5, 5.41) is 0.785. The fourth-order valence-electron chi connectivity index (χ4n) is 3.10. The number of aromatic amines is 1. The number of hydrogen-bond acceptors (Lipinski definition) is 3. The number of rotatable bonds is 4. The van der Waals surface area contributed by atoms with Gasteiger partial charge < -0.3 is 4.98 Å². The number of fused-ring (bicyclic) bond motifs is 1. The molecule has 4 heteroatoms. The maximum atomic E-state index is 13.0. The van der Waals surface area contributed by atoms with Crippen LogP contribution in [0.5, 0.6) is 0 Å². The van der Waals surface area contributed by atoms with Gasteiger partial charge in [0.05, 0.1) is 17.3 Å². The number of pyridine rings is 2. The monoisotopic (exact) mass is 352 g/mol. The number of carbonyl (C=O) groups is 1. The predicted molar refractivity (Wildman–Crippen MR) is 108 cm³/mol. The van der Waals surface area contributed by atoms with Gasteiger partial charge in [-0.05, 0) is 23.3 Å². The second-order valence-electron chi connectivity index (χ2n) is 6.10. The van der Waals surface area contributed by atoms with Crippen molar-refractivity contribution in [1.29, 1.82) is 0 Å². The Kier molecular flexibility index (Phi) is 4.45. The molecule has 130 valence electrons. The zero-order chi connectivity index (χ0) is 18.6. The Bertz CT molecular complexity index is 1190. The van der Waals surface area contributed by atoms with Crippen LogP contribution in [-0.2, 0) is 0 Å². The summed E-state index contributed by atoms with van der Waals surface area (Å²) in [5.41, 5.74) is 2.65. The average Bonchev–Trinajstić information content (AvgIpc) is 2.72. The van der Waals surface area contributed by atoms with Gasteiger partial charge in [-0.25, -0.2) is 0 Å². The minimum atomic E-state index is -0.419. The van der Waals surface area contributed by atoms with E-state index in [1.54, 1.807) is 18.5 Å². The molecule has 0 spiro atoms. The minimum absolute atomic E-state index is 0.132. The number of carbonyl (C=O) groups excluding carboxylic acids is 1. The molecule has 0 unspecified atom stereocenters. The van der Waals surface area contributed by atoms with E-state index in [2.05, 4.69) is 9.97 Å². The summed E-state index contributed by atoms with van der Waals surface area (Å²) in [6.07, 6.45) is 6.41. The van der Waals surface area contributed by atoms with Crippen LogP contribution in [0.3, 0.4) is 0 Å². The molecule has 0 atom stereocenters. The molecule has 4 aromatic rings. The summed E-state index contributed by atoms with van der Waals surface area (Å²) >= 11 is 0. The highest BCUT2D eigenvalue weighted by Gasteiger charge is 2.19. The van der Waals surface area contributed by atoms with E-state index >= 15 is 0 Å². The van der Waals surface area contributed by atoms with Gasteiger partial charge in [-0.15, -0.1) is 0 Å². The lowest BCUT2D eigenvalue weighted by Gasteiger charge is -2.11. The van der Waals surface area contributed by atoms with Crippen molar-refractivity contribution in [3.8, 4) is 11.1 Å². The fourth-order valence-corrected chi connectivity index (χ4v) is 3.10. The average molecular weight is 352 g/mol. The van der Waals surface area contributed by atoms with Gasteiger partial charge in [-0.2, -0.15) is 0 Å². The molecular weight excluding hydrogens is 336 g/mol. The number of H-pyrrole nitrogens is 1. The quantitative estimate of drug-likeness (QED) is 0.435. The highest BCUT2D eigenvalue weighted by molar-refractivity contribution is 6.14. The molecule has 0 amide bonds. The van der Waals surface area contributed by atoms with Gasteiger partial charge >= 0.3 is 0 Å². The number of ketones is 1. The third-order valence-corrected chi connectivity index (χ3v) is 4.35. The molecule has 2 aromatic heterocycles. The number of nitrogens with one attached hydrogen (secondary N) is 1. The molecule has 0 fully saturated rings. The summed E-state index contributed by atoms with van der Waals surface area (Å²) < 4.78 is 0. The number of nitrogens with zero attached hydrogens (tertiary/aromatic N) is 1. The van der Waals surface area contributed by atoms with E-state index in [0.717, 1.165) is 16.5 Å². The van der Waals surface area contributed by atoms with E-state index in [1.165, 1.54) is 6.08 Å². The Morgan fingerprint density at radius 2 is 1.63 bits per heavy atom. The van der Waals surface area contributed by atoms with Crippen molar-refractivity contribution in [2.45, 2.75) is 0 Å². The Balaban J connectivity index is 1.92. The second-order valence-corrected chi connectivity index (χ2v) is 6.10. The minimum Gasteiger partial charge on any atom is -0.320 e. The number of aromatic nitrogens is 2. The van der Waals surface area contributed by atoms with E-state index in [0.29, 0.717) is 11.1 Å². The van der Waals surface area contributed by atoms with Gasteiger partial charge in [0.1, 0.15) is 0 Å². The number of benzene rings is 2. The van der Waals surface area contributed by atoms with Crippen LogP contribution in [-0.4, -0.2) is 15.8 Å². The highest BCUT2D eigenvalue weighted by atomic mass is 16.1. The third-order valence-electron chi connectivity index (χ3n) is 4.35. The van der Waals surface area contributed by atoms with Crippen LogP contribution in [0.2, 0.25) is 0 Å². The molecule has 0 saturated carbocycles. The molecule has 0 saturated heterocycles. The molecule has 27 heavy (non-hydrogen) atoms. The van der Waals surface area contributed by atoms with Crippen molar-refractivity contribution in [2.24, 2.45) is 0 Å². The molecule has 1 N–H and O–H groups in total. The normalized spacial score (nSPS) is 11.1. The molecular formula is C23H16N2O2. The second kappa shape index (κ2) is 7.22. The standard InChI is InChI=1S/C23H16N2O2/c26-20(12-11-16-7-3-1-4-8-16)22-21(17-9-5-2-6-10-17)18-13-14-24-15-19(18)25-23(22)27/h1-15H,(H,25,27). The lowest BCUT2D eigenvalue weighted by Crippen LogP contribution is -2.18. The van der Waals surface area contributed by atoms with Crippen LogP contribution in [0.4, 0.5) is 0 Å². The van der Waals surface area contributed by atoms with Gasteiger partial charge in [0, 0.05) is 17.1 Å². The summed E-state index contributed by atoms with van der Waals surface area (Å²) in [4.78, 5) is 32.5. The Morgan fingerprint density at radius 1 is 0.926 bits per heavy atom. The lowest BCUT2D eigenvalue weighted by molar-refractivity contribution is 0.104. The first-order chi connectivity index (χ1) is 13.2.